The van der Waals surface area contributed by atoms with E-state index in [0.717, 1.165) is 17.7 Å². The number of nitrogens with zero attached hydrogens (tertiary/aromatic N) is 3. The molecule has 0 atom stereocenters. The lowest BCUT2D eigenvalue weighted by Crippen LogP contribution is -1.95. The Balaban J connectivity index is 1.96. The molecule has 0 aliphatic carbocycles. The van der Waals surface area contributed by atoms with Crippen molar-refractivity contribution in [3.05, 3.63) is 47.5 Å². The first-order chi connectivity index (χ1) is 11.0. The predicted molar refractivity (Wildman–Crippen MR) is 79.4 cm³/mol. The first-order valence-electron chi connectivity index (χ1n) is 6.62. The molecule has 1 amide bonds. The Labute approximate surface area is 130 Å². The summed E-state index contributed by atoms with van der Waals surface area (Å²) in [5.74, 6) is -2.61. The normalized spacial score (nSPS) is 9.91. The zero-order valence-corrected chi connectivity index (χ0v) is 11.9. The topological polar surface area (TPSA) is 137 Å². The monoisotopic (exact) mass is 316 g/mol. The second kappa shape index (κ2) is 7.06. The second-order valence-corrected chi connectivity index (χ2v) is 4.64. The van der Waals surface area contributed by atoms with Crippen molar-refractivity contribution in [1.29, 1.82) is 0 Å². The van der Waals surface area contributed by atoms with Crippen LogP contribution in [-0.2, 0) is 6.42 Å². The van der Waals surface area contributed by atoms with E-state index in [1.807, 2.05) is 0 Å². The summed E-state index contributed by atoms with van der Waals surface area (Å²) in [7, 11) is 0. The van der Waals surface area contributed by atoms with Crippen LogP contribution in [0.1, 0.15) is 15.9 Å². The minimum atomic E-state index is -0.816. The van der Waals surface area contributed by atoms with Crippen LogP contribution in [0.15, 0.2) is 46.6 Å². The van der Waals surface area contributed by atoms with Gasteiger partial charge in [0.2, 0.25) is 10.0 Å². The largest absolute Gasteiger partial charge is 0.508 e. The van der Waals surface area contributed by atoms with Gasteiger partial charge in [-0.1, -0.05) is 12.1 Å². The maximum atomic E-state index is 11.7. The zero-order chi connectivity index (χ0) is 16.8. The highest BCUT2D eigenvalue weighted by Crippen LogP contribution is 2.35. The minimum absolute atomic E-state index is 0.129. The quantitative estimate of drug-likeness (QED) is 0.387. The third-order valence-electron chi connectivity index (χ3n) is 2.95. The smallest absolute Gasteiger partial charge is 0.360 e. The minimum Gasteiger partial charge on any atom is -0.508 e. The molecule has 2 aromatic rings. The molecule has 0 aliphatic rings. The van der Waals surface area contributed by atoms with Crippen molar-refractivity contribution >= 4 is 5.91 Å². The van der Waals surface area contributed by atoms with Crippen LogP contribution in [0, 0.1) is 0 Å². The van der Waals surface area contributed by atoms with Gasteiger partial charge in [0, 0.05) is 0 Å². The van der Waals surface area contributed by atoms with Crippen molar-refractivity contribution in [2.45, 2.75) is 6.42 Å². The van der Waals surface area contributed by atoms with E-state index in [0.29, 0.717) is 13.0 Å². The third-order valence-corrected chi connectivity index (χ3v) is 2.95. The summed E-state index contributed by atoms with van der Waals surface area (Å²) in [4.78, 5) is 15.1. The van der Waals surface area contributed by atoms with Gasteiger partial charge in [-0.3, -0.25) is 4.79 Å². The van der Waals surface area contributed by atoms with Crippen LogP contribution in [-0.4, -0.2) is 32.9 Å². The molecule has 0 unspecified atom stereocenters. The lowest BCUT2D eigenvalue weighted by atomic mass is 10.1. The van der Waals surface area contributed by atoms with Crippen LogP contribution >= 0.6 is 0 Å². The van der Waals surface area contributed by atoms with Crippen LogP contribution in [0.25, 0.3) is 0 Å². The van der Waals surface area contributed by atoms with Crippen LogP contribution < -0.4 is 4.91 Å². The maximum Gasteiger partial charge on any atom is 0.360 e. The van der Waals surface area contributed by atoms with Crippen LogP contribution in [0.5, 0.6) is 23.0 Å². The molecule has 118 valence electrons. The number of carbonyl (C=O) groups is 1. The fourth-order valence-corrected chi connectivity index (χ4v) is 1.74. The molecule has 4 N–H and O–H groups in total. The van der Waals surface area contributed by atoms with Crippen molar-refractivity contribution in [3.8, 4) is 23.0 Å². The van der Waals surface area contributed by atoms with Gasteiger partial charge in [-0.25, -0.2) is 0 Å². The van der Waals surface area contributed by atoms with Gasteiger partial charge in [0.05, 0.1) is 5.56 Å². The van der Waals surface area contributed by atoms with E-state index >= 15 is 0 Å². The molecule has 0 bridgehead atoms. The van der Waals surface area contributed by atoms with Crippen molar-refractivity contribution in [2.24, 2.45) is 10.2 Å². The molecule has 0 radical (unpaired) electrons. The highest BCUT2D eigenvalue weighted by molar-refractivity contribution is 5.95. The highest BCUT2D eigenvalue weighted by atomic mass is 16.3. The van der Waals surface area contributed by atoms with Gasteiger partial charge in [-0.15, -0.1) is 0 Å². The lowest BCUT2D eigenvalue weighted by molar-refractivity contribution is 0.0991. The Morgan fingerprint density at radius 2 is 1.61 bits per heavy atom. The molecule has 0 heterocycles. The number of rotatable bonds is 4. The standard InChI is InChI=1S/C15H13N3O5/c19-11-3-1-9(2-4-11)5-6-16-18-17-15(23)10-7-12(20)14(22)13(21)8-10/h1-4,7-8H,5-6H2,(H3,16,17,19,20,21,23)/p+1. The zero-order valence-electron chi connectivity index (χ0n) is 11.9. The Bertz CT molecular complexity index is 757. The van der Waals surface area contributed by atoms with E-state index in [4.69, 9.17) is 5.11 Å². The fourth-order valence-electron chi connectivity index (χ4n) is 1.74. The highest BCUT2D eigenvalue weighted by Gasteiger charge is 2.16. The molecule has 0 aliphatic heterocycles. The third kappa shape index (κ3) is 4.29. The Kier molecular flexibility index (Phi) is 4.91. The van der Waals surface area contributed by atoms with Crippen molar-refractivity contribution < 1.29 is 25.2 Å². The van der Waals surface area contributed by atoms with Gasteiger partial charge in [0.25, 0.3) is 0 Å². The number of amides is 1. The van der Waals surface area contributed by atoms with Gasteiger partial charge < -0.3 is 20.4 Å². The summed E-state index contributed by atoms with van der Waals surface area (Å²) in [6, 6.07) is 8.54. The second-order valence-electron chi connectivity index (χ2n) is 4.64. The molecular formula is C15H14N3O5+. The predicted octanol–water partition coefficient (Wildman–Crippen LogP) is 1.86. The van der Waals surface area contributed by atoms with Gasteiger partial charge >= 0.3 is 5.91 Å². The number of phenolic OH excluding ortho intramolecular Hbond substituents is 4. The van der Waals surface area contributed by atoms with Crippen molar-refractivity contribution in [3.63, 3.8) is 0 Å². The number of hydrogen-bond donors (Lipinski definition) is 4. The van der Waals surface area contributed by atoms with E-state index in [1.165, 1.54) is 0 Å². The number of aromatic hydroxyl groups is 4. The van der Waals surface area contributed by atoms with Crippen LogP contribution in [0.3, 0.4) is 0 Å². The van der Waals surface area contributed by atoms with E-state index in [1.54, 1.807) is 24.3 Å². The number of hydrogen-bond acceptors (Lipinski definition) is 6. The van der Waals surface area contributed by atoms with E-state index < -0.39 is 23.2 Å². The van der Waals surface area contributed by atoms with E-state index in [2.05, 4.69) is 15.1 Å². The van der Waals surface area contributed by atoms with Crippen LogP contribution in [0.2, 0.25) is 0 Å². The average Bonchev–Trinajstić information content (AvgIpc) is 2.53. The summed E-state index contributed by atoms with van der Waals surface area (Å²) in [6.45, 7) is 0.299. The fraction of sp³-hybridized carbons (Fsp3) is 0.133. The molecule has 2 aromatic carbocycles. The van der Waals surface area contributed by atoms with Gasteiger partial charge in [-0.2, -0.15) is 0 Å². The molecule has 8 nitrogen and oxygen atoms in total. The molecule has 8 heteroatoms. The first-order valence-corrected chi connectivity index (χ1v) is 6.62. The molecule has 0 saturated carbocycles. The molecule has 0 aromatic heterocycles. The lowest BCUT2D eigenvalue weighted by Gasteiger charge is -2.00. The molecule has 0 spiro atoms. The summed E-state index contributed by atoms with van der Waals surface area (Å²) < 4.78 is 0. The summed E-state index contributed by atoms with van der Waals surface area (Å²) >= 11 is 0. The summed E-state index contributed by atoms with van der Waals surface area (Å²) in [5.41, 5.74) is 0.816. The van der Waals surface area contributed by atoms with E-state index in [9.17, 15) is 20.1 Å². The van der Waals surface area contributed by atoms with Gasteiger partial charge in [-0.05, 0) is 36.2 Å². The SMILES string of the molecule is O=C(N=[N+]=NCCc1ccc(O)cc1)c1cc(O)c(O)c(O)c1. The van der Waals surface area contributed by atoms with Crippen LogP contribution in [0.4, 0.5) is 0 Å². The Morgan fingerprint density at radius 1 is 1.00 bits per heavy atom. The van der Waals surface area contributed by atoms with Crippen molar-refractivity contribution in [2.75, 3.05) is 6.54 Å². The maximum absolute atomic E-state index is 11.7. The average molecular weight is 316 g/mol. The van der Waals surface area contributed by atoms with Gasteiger partial charge in [0.1, 0.15) is 17.4 Å². The molecule has 23 heavy (non-hydrogen) atoms. The molecule has 0 fully saturated rings. The van der Waals surface area contributed by atoms with Crippen molar-refractivity contribution in [1.82, 2.24) is 4.91 Å². The first kappa shape index (κ1) is 16.0. The number of phenols is 4. The Hall–Kier alpha value is -3.38. The number of carbonyl (C=O) groups excluding carboxylic acids is 1. The number of benzene rings is 2. The molecular weight excluding hydrogens is 302 g/mol. The summed E-state index contributed by atoms with van der Waals surface area (Å²) in [6.07, 6.45) is 0.564. The molecule has 0 saturated heterocycles. The summed E-state index contributed by atoms with van der Waals surface area (Å²) in [5, 5.41) is 44.0. The van der Waals surface area contributed by atoms with E-state index in [-0.39, 0.29) is 11.3 Å². The molecule has 2 rings (SSSR count). The van der Waals surface area contributed by atoms with Gasteiger partial charge in [0.15, 0.2) is 17.2 Å². The Morgan fingerprint density at radius 3 is 2.22 bits per heavy atom.